The van der Waals surface area contributed by atoms with Crippen molar-refractivity contribution in [1.82, 2.24) is 93.0 Å². The number of carboxylic acid groups (broad SMARTS) is 1. The number of nitrogens with two attached hydrogens (primary N) is 3. The number of benzene rings is 3. The molecule has 0 spiro atoms. The number of phenols is 1. The SMILES string of the molecule is CCCC[C@H]1C(=O)N(C)[C@@H](CCCC)C(=O)N[C@@H](CCCNC(=N)N)C(=O)N[C@H](C(=O)NCC(N)=O)CSCC(=O)N[C@@H](Cc2ccc(O)cc2)C(=O)N(C)[C@@H](C)C(=O)N[C@@H](CCN)C(=O)N2CCC[C@H]2C(=O)N[C@@H](C)C(=O)N[C@@H](CCC(=O)O)C(=O)N2C[C@H](O)C[C@H]2C(=O)N[C@@H](Cc2c[nH]c3ccccc23)C(=O)N[C@@H](CO)C(=O)N[C@@H](Cc2c[nH]c3ccccc23)C(=O)N1C. The second-order valence-corrected chi connectivity index (χ2v) is 34.1. The van der Waals surface area contributed by atoms with Gasteiger partial charge >= 0.3 is 5.97 Å². The van der Waals surface area contributed by atoms with E-state index < -0.39 is 248 Å². The molecule has 0 bridgehead atoms. The van der Waals surface area contributed by atoms with Crippen LogP contribution in [0.25, 0.3) is 21.8 Å². The van der Waals surface area contributed by atoms with Crippen LogP contribution in [0.1, 0.15) is 134 Å². The van der Waals surface area contributed by atoms with E-state index in [0.29, 0.717) is 64.2 Å². The number of carbonyl (C=O) groups excluding carboxylic acids is 16. The van der Waals surface area contributed by atoms with Crippen LogP contribution >= 0.6 is 11.8 Å². The molecule has 0 radical (unpaired) electrons. The van der Waals surface area contributed by atoms with Crippen molar-refractivity contribution in [3.8, 4) is 5.75 Å². The largest absolute Gasteiger partial charge is 0.508 e. The predicted molar refractivity (Wildman–Crippen MR) is 480 cm³/mol. The van der Waals surface area contributed by atoms with Crippen molar-refractivity contribution in [3.63, 3.8) is 0 Å². The van der Waals surface area contributed by atoms with E-state index in [2.05, 4.69) is 68.5 Å². The summed E-state index contributed by atoms with van der Waals surface area (Å²) in [7, 11) is 3.92. The normalized spacial score (nSPS) is 25.1. The smallest absolute Gasteiger partial charge is 0.303 e. The Labute approximate surface area is 761 Å². The first-order valence-electron chi connectivity index (χ1n) is 43.8. The number of nitrogens with one attached hydrogen (secondary N) is 14. The van der Waals surface area contributed by atoms with Crippen molar-refractivity contribution < 1.29 is 102 Å². The Bertz CT molecular complexity index is 4920. The van der Waals surface area contributed by atoms with Crippen LogP contribution in [-0.2, 0) is 101 Å². The van der Waals surface area contributed by atoms with Gasteiger partial charge in [0, 0.05) is 113 Å². The molecule has 24 N–H and O–H groups in total. The summed E-state index contributed by atoms with van der Waals surface area (Å²) in [6, 6.07) is -2.14. The molecule has 0 aliphatic carbocycles. The van der Waals surface area contributed by atoms with Crippen molar-refractivity contribution >= 4 is 140 Å². The molecule has 3 fully saturated rings. The molecule has 16 amide bonds. The fraction of sp³-hybridized carbons (Fsp3) is 0.540. The van der Waals surface area contributed by atoms with Gasteiger partial charge in [0.25, 0.3) is 0 Å². The van der Waals surface area contributed by atoms with Gasteiger partial charge < -0.3 is 131 Å². The molecule has 3 aliphatic rings. The van der Waals surface area contributed by atoms with E-state index in [1.165, 1.54) is 64.2 Å². The molecule has 714 valence electrons. The number of aliphatic hydroxyl groups excluding tert-OH is 2. The highest BCUT2D eigenvalue weighted by molar-refractivity contribution is 8.00. The summed E-state index contributed by atoms with van der Waals surface area (Å²) < 4.78 is 0. The van der Waals surface area contributed by atoms with Crippen molar-refractivity contribution in [2.45, 2.75) is 228 Å². The van der Waals surface area contributed by atoms with Crippen LogP contribution in [0.3, 0.4) is 0 Å². The van der Waals surface area contributed by atoms with E-state index in [9.17, 15) is 73.2 Å². The fourth-order valence-corrected chi connectivity index (χ4v) is 16.8. The molecule has 3 aromatic carbocycles. The first-order valence-corrected chi connectivity index (χ1v) is 45.0. The minimum absolute atomic E-state index is 0.0112. The summed E-state index contributed by atoms with van der Waals surface area (Å²) in [6.07, 6.45) is 0.547. The maximum absolute atomic E-state index is 15.7. The van der Waals surface area contributed by atoms with Crippen LogP contribution in [0, 0.1) is 5.41 Å². The fourth-order valence-electron chi connectivity index (χ4n) is 16.0. The van der Waals surface area contributed by atoms with Gasteiger partial charge in [0.1, 0.15) is 90.3 Å². The van der Waals surface area contributed by atoms with Crippen LogP contribution < -0.4 is 75.7 Å². The number of rotatable bonds is 25. The highest BCUT2D eigenvalue weighted by Crippen LogP contribution is 2.28. The minimum atomic E-state index is -1.92. The predicted octanol–water partition coefficient (Wildman–Crippen LogP) is -3.58. The number of carbonyl (C=O) groups is 17. The van der Waals surface area contributed by atoms with Crippen LogP contribution in [0.2, 0.25) is 0 Å². The third-order valence-electron chi connectivity index (χ3n) is 23.5. The molecular formula is C87H124N22O21S. The summed E-state index contributed by atoms with van der Waals surface area (Å²) >= 11 is 0.775. The summed E-state index contributed by atoms with van der Waals surface area (Å²) in [4.78, 5) is 259. The van der Waals surface area contributed by atoms with E-state index >= 15 is 28.8 Å². The van der Waals surface area contributed by atoms with Crippen LogP contribution in [0.15, 0.2) is 85.2 Å². The number of para-hydroxylation sites is 2. The van der Waals surface area contributed by atoms with Crippen LogP contribution in [0.5, 0.6) is 5.75 Å². The number of phenolic OH excluding ortho intramolecular Hbond substituents is 1. The molecule has 3 saturated heterocycles. The molecule has 15 atom stereocenters. The molecule has 5 heterocycles. The van der Waals surface area contributed by atoms with Gasteiger partial charge in [-0.2, -0.15) is 0 Å². The summed E-state index contributed by atoms with van der Waals surface area (Å²) in [5.74, 6) is -18.0. The molecule has 5 aromatic rings. The van der Waals surface area contributed by atoms with Crippen LogP contribution in [-0.4, -0.2) is 324 Å². The number of thioether (sulfide) groups is 1. The maximum Gasteiger partial charge on any atom is 0.303 e. The monoisotopic (exact) mass is 1840 g/mol. The molecule has 0 saturated carbocycles. The number of primary amides is 1. The Morgan fingerprint density at radius 3 is 1.69 bits per heavy atom. The number of aliphatic carboxylic acids is 1. The number of guanidine groups is 1. The van der Waals surface area contributed by atoms with Gasteiger partial charge in [0.15, 0.2) is 5.96 Å². The molecule has 3 aliphatic heterocycles. The third kappa shape index (κ3) is 29.0. The van der Waals surface area contributed by atoms with E-state index in [1.807, 2.05) is 13.8 Å². The number of fused-ring (bicyclic) bond motifs is 4. The number of unbranched alkanes of at least 4 members (excludes halogenated alkanes) is 2. The number of nitrogens with zero attached hydrogens (tertiary/aromatic N) is 5. The lowest BCUT2D eigenvalue weighted by molar-refractivity contribution is -0.149. The molecule has 131 heavy (non-hydrogen) atoms. The summed E-state index contributed by atoms with van der Waals surface area (Å²) in [5, 5.41) is 80.2. The zero-order valence-electron chi connectivity index (χ0n) is 74.5. The number of H-pyrrole nitrogens is 2. The van der Waals surface area contributed by atoms with Crippen molar-refractivity contribution in [2.75, 3.05) is 72.0 Å². The highest BCUT2D eigenvalue weighted by atomic mass is 32.2. The molecule has 44 heteroatoms. The summed E-state index contributed by atoms with van der Waals surface area (Å²) in [5.41, 5.74) is 19.7. The van der Waals surface area contributed by atoms with Gasteiger partial charge in [-0.1, -0.05) is 88.1 Å². The molecule has 2 aromatic heterocycles. The van der Waals surface area contributed by atoms with Gasteiger partial charge in [-0.05, 0) is 113 Å². The van der Waals surface area contributed by atoms with E-state index in [0.717, 1.165) is 31.4 Å². The quantitative estimate of drug-likeness (QED) is 0.0153. The number of likely N-dealkylation sites (N-methyl/N-ethyl adjacent to an activating group) is 3. The Morgan fingerprint density at radius 1 is 0.542 bits per heavy atom. The topological polar surface area (TPSA) is 653 Å². The Hall–Kier alpha value is -13.0. The average Bonchev–Trinajstić information content (AvgIpc) is 1.55. The lowest BCUT2D eigenvalue weighted by Gasteiger charge is -2.36. The number of hydrogen-bond acceptors (Lipinski definition) is 23. The average molecular weight is 1850 g/mol. The van der Waals surface area contributed by atoms with E-state index in [-0.39, 0.29) is 89.6 Å². The highest BCUT2D eigenvalue weighted by Gasteiger charge is 2.46. The number of aromatic nitrogens is 2. The Morgan fingerprint density at radius 2 is 1.08 bits per heavy atom. The van der Waals surface area contributed by atoms with Crippen LogP contribution in [0.4, 0.5) is 0 Å². The Balaban J connectivity index is 1.18. The van der Waals surface area contributed by atoms with Crippen molar-refractivity contribution in [2.24, 2.45) is 17.2 Å². The van der Waals surface area contributed by atoms with Gasteiger partial charge in [0.2, 0.25) is 94.5 Å². The molecular weight excluding hydrogens is 1720 g/mol. The van der Waals surface area contributed by atoms with Gasteiger partial charge in [-0.3, -0.25) is 86.9 Å². The van der Waals surface area contributed by atoms with E-state index in [4.69, 9.17) is 22.6 Å². The standard InChI is InChI=1S/C87H124N22O21S/c1-8-10-23-66-79(123)98-58(22-16-34-92-87(90)91)76(120)104-65(75(119)95-42-70(89)113)45-131-46-71(114)97-62(36-49-26-28-52(111)29-27-49)82(126)105(5)48(4)74(118)100-60(32-33-88)84(128)108-35-17-25-67(108)80(124)96-47(3)73(117)99-59(30-31-72(115)116)85(129)109-43-53(112)39-69(109)81(125)101-61(37-50-40-93-56-20-14-12-18-54(50)56)77(121)103-64(44-110)78(122)102-63(38-51-41-94-57-21-15-13-19-55(51)57)83(127)107(7)68(24-11-9-2)86(130)106(66)6/h12-15,18-21,26-29,40-41,47-48,53,58-69,93-94,110-112H,8-11,16-17,22-25,30-39,42-46,88H2,1-7H3,(H2,89,113)(H,95,119)(H,96,124)(H,97,114)(H,98,123)(H,99,117)(H,100,118)(H,101,125)(H,102,122)(H,103,121)(H,104,120)(H,115,116)(H4,90,91,92)/t47-,48-,53+,58-,59-,60-,61-,62-,63-,64-,65-,66-,67-,68-,69-/m0/s1. The first-order chi connectivity index (χ1) is 62.4. The number of hydrogen-bond donors (Lipinski definition) is 21. The second-order valence-electron chi connectivity index (χ2n) is 33.1. The van der Waals surface area contributed by atoms with Gasteiger partial charge in [-0.25, -0.2) is 0 Å². The van der Waals surface area contributed by atoms with Crippen molar-refractivity contribution in [1.29, 1.82) is 5.41 Å². The zero-order chi connectivity index (χ0) is 96.0. The summed E-state index contributed by atoms with van der Waals surface area (Å²) in [6.45, 7) is 3.59. The van der Waals surface area contributed by atoms with Gasteiger partial charge in [-0.15, -0.1) is 11.8 Å². The first kappa shape index (κ1) is 103. The number of aliphatic hydroxyl groups is 2. The van der Waals surface area contributed by atoms with E-state index in [1.54, 1.807) is 60.9 Å². The lowest BCUT2D eigenvalue weighted by Crippen LogP contribution is -2.61. The number of amides is 16. The van der Waals surface area contributed by atoms with Gasteiger partial charge in [0.05, 0.1) is 25.0 Å². The zero-order valence-corrected chi connectivity index (χ0v) is 75.3. The van der Waals surface area contributed by atoms with Crippen molar-refractivity contribution in [3.05, 3.63) is 102 Å². The Kier molecular flexibility index (Phi) is 39.2. The maximum atomic E-state index is 15.7. The number of aromatic hydroxyl groups is 1. The number of aromatic amines is 2. The molecule has 43 nitrogen and oxygen atoms in total. The second kappa shape index (κ2) is 49.7. The minimum Gasteiger partial charge on any atom is -0.508 e. The third-order valence-corrected chi connectivity index (χ3v) is 24.5. The molecule has 8 rings (SSSR count). The number of carboxylic acids is 1. The molecule has 0 unspecified atom stereocenters. The lowest BCUT2D eigenvalue weighted by atomic mass is 10.00.